The third kappa shape index (κ3) is 3.02. The Morgan fingerprint density at radius 2 is 2.20 bits per heavy atom. The van der Waals surface area contributed by atoms with Crippen LogP contribution in [0.2, 0.25) is 0 Å². The molecule has 1 aromatic rings. The monoisotopic (exact) mass is 275 g/mol. The van der Waals surface area contributed by atoms with Gasteiger partial charge in [0.05, 0.1) is 24.3 Å². The Morgan fingerprint density at radius 1 is 1.50 bits per heavy atom. The zero-order chi connectivity index (χ0) is 14.6. The van der Waals surface area contributed by atoms with Crippen molar-refractivity contribution in [3.05, 3.63) is 42.5 Å². The Balaban J connectivity index is 2.05. The van der Waals surface area contributed by atoms with Crippen molar-refractivity contribution in [3.8, 4) is 5.75 Å². The predicted molar refractivity (Wildman–Crippen MR) is 77.9 cm³/mol. The number of hydrogen-bond acceptors (Lipinski definition) is 3. The first-order valence-corrected chi connectivity index (χ1v) is 6.94. The fourth-order valence-electron chi connectivity index (χ4n) is 2.52. The first-order valence-electron chi connectivity index (χ1n) is 6.94. The summed E-state index contributed by atoms with van der Waals surface area (Å²) < 4.78 is 5.50. The molecule has 4 nitrogen and oxygen atoms in total. The smallest absolute Gasteiger partial charge is 0.257 e. The number of carbonyl (C=O) groups is 1. The van der Waals surface area contributed by atoms with Crippen LogP contribution in [0.5, 0.6) is 5.75 Å². The van der Waals surface area contributed by atoms with Crippen molar-refractivity contribution in [2.45, 2.75) is 25.4 Å². The highest BCUT2D eigenvalue weighted by Crippen LogP contribution is 2.29. The van der Waals surface area contributed by atoms with Gasteiger partial charge < -0.3 is 14.7 Å². The highest BCUT2D eigenvalue weighted by molar-refractivity contribution is 5.97. The molecule has 0 saturated carbocycles. The summed E-state index contributed by atoms with van der Waals surface area (Å²) in [7, 11) is 0. The van der Waals surface area contributed by atoms with Crippen molar-refractivity contribution in [1.82, 2.24) is 4.90 Å². The summed E-state index contributed by atoms with van der Waals surface area (Å²) >= 11 is 0. The summed E-state index contributed by atoms with van der Waals surface area (Å²) in [5, 5.41) is 10.1. The average molecular weight is 275 g/mol. The Labute approximate surface area is 119 Å². The van der Waals surface area contributed by atoms with Gasteiger partial charge in [-0.15, -0.1) is 0 Å². The van der Waals surface area contributed by atoms with Crippen LogP contribution in [0.25, 0.3) is 0 Å². The fraction of sp³-hybridized carbons (Fsp3) is 0.438. The van der Waals surface area contributed by atoms with Crippen LogP contribution < -0.4 is 4.74 Å². The molecule has 1 aliphatic heterocycles. The molecule has 0 bridgehead atoms. The van der Waals surface area contributed by atoms with Gasteiger partial charge in [-0.3, -0.25) is 4.79 Å². The number of carbonyl (C=O) groups excluding carboxylic acids is 1. The topological polar surface area (TPSA) is 49.8 Å². The van der Waals surface area contributed by atoms with E-state index in [0.717, 1.165) is 12.8 Å². The van der Waals surface area contributed by atoms with E-state index in [-0.39, 0.29) is 5.91 Å². The van der Waals surface area contributed by atoms with Crippen LogP contribution in [0.15, 0.2) is 36.9 Å². The van der Waals surface area contributed by atoms with E-state index in [4.69, 9.17) is 4.74 Å². The summed E-state index contributed by atoms with van der Waals surface area (Å²) in [5.74, 6) is 0.466. The molecular formula is C16H21NO3. The van der Waals surface area contributed by atoms with Gasteiger partial charge in [-0.1, -0.05) is 38.1 Å². The molecule has 2 rings (SSSR count). The number of benzene rings is 1. The lowest BCUT2D eigenvalue weighted by molar-refractivity contribution is -0.0860. The molecule has 20 heavy (non-hydrogen) atoms. The molecule has 0 radical (unpaired) electrons. The third-order valence-corrected chi connectivity index (χ3v) is 3.45. The molecular weight excluding hydrogens is 254 g/mol. The third-order valence-electron chi connectivity index (χ3n) is 3.45. The van der Waals surface area contributed by atoms with E-state index in [1.165, 1.54) is 0 Å². The molecule has 1 aliphatic rings. The van der Waals surface area contributed by atoms with Crippen molar-refractivity contribution in [2.75, 3.05) is 19.7 Å². The van der Waals surface area contributed by atoms with Gasteiger partial charge in [0.25, 0.3) is 5.91 Å². The quantitative estimate of drug-likeness (QED) is 0.810. The predicted octanol–water partition coefficient (Wildman–Crippen LogP) is 2.24. The lowest BCUT2D eigenvalue weighted by atomic mass is 9.88. The molecule has 1 aromatic carbocycles. The highest BCUT2D eigenvalue weighted by atomic mass is 16.5. The van der Waals surface area contributed by atoms with Crippen molar-refractivity contribution < 1.29 is 14.6 Å². The lowest BCUT2D eigenvalue weighted by Crippen LogP contribution is -2.63. The maximum absolute atomic E-state index is 12.4. The minimum atomic E-state index is -0.707. The van der Waals surface area contributed by atoms with E-state index < -0.39 is 5.60 Å². The van der Waals surface area contributed by atoms with Gasteiger partial charge in [0.15, 0.2) is 0 Å². The van der Waals surface area contributed by atoms with E-state index in [2.05, 4.69) is 6.58 Å². The molecule has 1 heterocycles. The Hall–Kier alpha value is -1.81. The molecule has 1 fully saturated rings. The summed E-state index contributed by atoms with van der Waals surface area (Å²) in [6.45, 7) is 6.79. The van der Waals surface area contributed by atoms with Crippen LogP contribution in [0, 0.1) is 0 Å². The van der Waals surface area contributed by atoms with Crippen LogP contribution in [-0.2, 0) is 0 Å². The molecule has 1 amide bonds. The van der Waals surface area contributed by atoms with E-state index in [1.807, 2.05) is 19.1 Å². The second-order valence-electron chi connectivity index (χ2n) is 5.23. The first-order chi connectivity index (χ1) is 9.59. The largest absolute Gasteiger partial charge is 0.489 e. The van der Waals surface area contributed by atoms with Crippen molar-refractivity contribution >= 4 is 5.91 Å². The number of nitrogens with zero attached hydrogens (tertiary/aromatic N) is 1. The average Bonchev–Trinajstić information content (AvgIpc) is 2.42. The number of rotatable bonds is 6. The van der Waals surface area contributed by atoms with Crippen LogP contribution in [-0.4, -0.2) is 41.2 Å². The minimum absolute atomic E-state index is 0.0922. The molecule has 1 N–H and O–H groups in total. The van der Waals surface area contributed by atoms with Crippen LogP contribution >= 0.6 is 0 Å². The van der Waals surface area contributed by atoms with Gasteiger partial charge >= 0.3 is 0 Å². The standard InChI is InChI=1S/C16H21NO3/c1-3-9-16(19)11-17(12-16)15(18)13-7-5-6-8-14(13)20-10-4-2/h4-8,19H,2-3,9-12H2,1H3. The molecule has 4 heteroatoms. The fourth-order valence-corrected chi connectivity index (χ4v) is 2.52. The van der Waals surface area contributed by atoms with Crippen LogP contribution in [0.4, 0.5) is 0 Å². The molecule has 0 unspecified atom stereocenters. The van der Waals surface area contributed by atoms with Gasteiger partial charge in [0, 0.05) is 0 Å². The van der Waals surface area contributed by atoms with Gasteiger partial charge in [-0.25, -0.2) is 0 Å². The van der Waals surface area contributed by atoms with Crippen molar-refractivity contribution in [1.29, 1.82) is 0 Å². The van der Waals surface area contributed by atoms with E-state index in [1.54, 1.807) is 23.1 Å². The summed E-state index contributed by atoms with van der Waals surface area (Å²) in [4.78, 5) is 14.1. The number of β-amino-alcohol motifs (C(OH)–C–C–N with tert-alkyl or cyclic N) is 1. The van der Waals surface area contributed by atoms with Gasteiger partial charge in [0.2, 0.25) is 0 Å². The second-order valence-corrected chi connectivity index (χ2v) is 5.23. The van der Waals surface area contributed by atoms with Crippen molar-refractivity contribution in [3.63, 3.8) is 0 Å². The minimum Gasteiger partial charge on any atom is -0.489 e. The van der Waals surface area contributed by atoms with Gasteiger partial charge in [-0.05, 0) is 18.6 Å². The molecule has 1 saturated heterocycles. The lowest BCUT2D eigenvalue weighted by Gasteiger charge is -2.46. The number of amides is 1. The number of likely N-dealkylation sites (tertiary alicyclic amines) is 1. The zero-order valence-electron chi connectivity index (χ0n) is 11.8. The molecule has 0 spiro atoms. The van der Waals surface area contributed by atoms with Crippen LogP contribution in [0.3, 0.4) is 0 Å². The summed E-state index contributed by atoms with van der Waals surface area (Å²) in [6.07, 6.45) is 3.29. The molecule has 108 valence electrons. The highest BCUT2D eigenvalue weighted by Gasteiger charge is 2.43. The van der Waals surface area contributed by atoms with Crippen LogP contribution in [0.1, 0.15) is 30.1 Å². The van der Waals surface area contributed by atoms with E-state index in [9.17, 15) is 9.90 Å². The second kappa shape index (κ2) is 6.09. The number of ether oxygens (including phenoxy) is 1. The summed E-state index contributed by atoms with van der Waals surface area (Å²) in [6, 6.07) is 7.16. The van der Waals surface area contributed by atoms with E-state index in [0.29, 0.717) is 31.0 Å². The van der Waals surface area contributed by atoms with Crippen molar-refractivity contribution in [2.24, 2.45) is 0 Å². The van der Waals surface area contributed by atoms with Gasteiger partial charge in [0.1, 0.15) is 12.4 Å². The van der Waals surface area contributed by atoms with E-state index >= 15 is 0 Å². The Morgan fingerprint density at radius 3 is 2.85 bits per heavy atom. The molecule has 0 aliphatic carbocycles. The number of para-hydroxylation sites is 1. The normalized spacial score (nSPS) is 16.4. The van der Waals surface area contributed by atoms with Gasteiger partial charge in [-0.2, -0.15) is 0 Å². The Kier molecular flexibility index (Phi) is 4.45. The molecule has 0 atom stereocenters. The zero-order valence-corrected chi connectivity index (χ0v) is 11.8. The number of hydrogen-bond donors (Lipinski definition) is 1. The number of aliphatic hydroxyl groups is 1. The SMILES string of the molecule is C=CCOc1ccccc1C(=O)N1CC(O)(CCC)C1. The maximum Gasteiger partial charge on any atom is 0.257 e. The summed E-state index contributed by atoms with van der Waals surface area (Å²) in [5.41, 5.74) is -0.172. The molecule has 0 aromatic heterocycles. The maximum atomic E-state index is 12.4. The first kappa shape index (κ1) is 14.6. The Bertz CT molecular complexity index is 492.